The molecule has 0 aromatic heterocycles. The van der Waals surface area contributed by atoms with E-state index in [2.05, 4.69) is 9.68 Å². The lowest BCUT2D eigenvalue weighted by molar-refractivity contribution is -0.188. The Morgan fingerprint density at radius 2 is 0.941 bits per heavy atom. The van der Waals surface area contributed by atoms with Gasteiger partial charge in [0.15, 0.2) is 6.10 Å². The number of nitrogens with zero attached hydrogens (tertiary/aromatic N) is 4. The van der Waals surface area contributed by atoms with E-state index in [9.17, 15) is 75.3 Å². The van der Waals surface area contributed by atoms with Gasteiger partial charge in [-0.2, -0.15) is 11.0 Å². The minimum absolute atomic E-state index is 0.687. The number of amides is 2. The van der Waals surface area contributed by atoms with E-state index < -0.39 is 149 Å². The number of hydroxylamine groups is 2. The number of rotatable bonds is 11. The van der Waals surface area contributed by atoms with Crippen LogP contribution >= 0.6 is 0 Å². The summed E-state index contributed by atoms with van der Waals surface area (Å²) >= 11 is 0. The molecule has 0 radical (unpaired) electrons. The number of nitrogens with one attached hydrogen (secondary N) is 4. The highest BCUT2D eigenvalue weighted by Crippen LogP contribution is 2.26. The molecule has 2 aliphatic rings. The number of piperidine rings is 2. The van der Waals surface area contributed by atoms with Crippen molar-refractivity contribution >= 4 is 35.7 Å². The second-order valence-corrected chi connectivity index (χ2v) is 11.8. The molecule has 0 aromatic rings. The molecule has 15 N–H and O–H groups in total. The molecule has 51 heavy (non-hydrogen) atoms. The van der Waals surface area contributed by atoms with Crippen molar-refractivity contribution in [3.05, 3.63) is 0 Å². The third-order valence-electron chi connectivity index (χ3n) is 8.38. The second-order valence-electron chi connectivity index (χ2n) is 11.8. The molecule has 2 saturated heterocycles. The van der Waals surface area contributed by atoms with Gasteiger partial charge in [-0.3, -0.25) is 20.4 Å². The van der Waals surface area contributed by atoms with Gasteiger partial charge in [-0.1, -0.05) is 0 Å². The summed E-state index contributed by atoms with van der Waals surface area (Å²) in [6.45, 7) is -4.78. The summed E-state index contributed by atoms with van der Waals surface area (Å²) in [6.07, 6.45) is -13.9. The molecule has 0 saturated carbocycles. The van der Waals surface area contributed by atoms with E-state index in [1.165, 1.54) is 7.05 Å². The Balaban J connectivity index is 1.84. The zero-order valence-corrected chi connectivity index (χ0v) is 27.5. The monoisotopic (exact) mass is 742 g/mol. The molecule has 0 aliphatic carbocycles. The third kappa shape index (κ3) is 10.1. The molecule has 2 amide bonds. The summed E-state index contributed by atoms with van der Waals surface area (Å²) in [4.78, 5) is 62.5. The average Bonchev–Trinajstić information content (AvgIpc) is 3.09. The first-order chi connectivity index (χ1) is 23.9. The number of likely N-dealkylation sites (tertiary alicyclic amines) is 2. The molecule has 292 valence electrons. The Hall–Kier alpha value is -4.02. The first-order valence-electron chi connectivity index (χ1n) is 15.2. The van der Waals surface area contributed by atoms with Crippen molar-refractivity contribution in [2.75, 3.05) is 53.6 Å². The molecule has 0 bridgehead atoms. The zero-order valence-electron chi connectivity index (χ0n) is 27.5. The molecule has 9 atom stereocenters. The molecule has 2 rings (SSSR count). The van der Waals surface area contributed by atoms with Crippen LogP contribution in [-0.2, 0) is 28.9 Å². The fraction of sp³-hybridized carbons (Fsp3) is 0.769. The highest BCUT2D eigenvalue weighted by atomic mass is 16.7. The predicted molar refractivity (Wildman–Crippen MR) is 163 cm³/mol. The Morgan fingerprint density at radius 1 is 0.627 bits per heavy atom. The maximum atomic E-state index is 12.9. The molecule has 0 spiro atoms. The third-order valence-corrected chi connectivity index (χ3v) is 8.38. The van der Waals surface area contributed by atoms with Crippen LogP contribution in [0.5, 0.6) is 0 Å². The van der Waals surface area contributed by atoms with Gasteiger partial charge in [-0.25, -0.2) is 9.59 Å². The predicted octanol–water partition coefficient (Wildman–Crippen LogP) is -10.1. The number of guanidine groups is 2. The molecule has 0 aromatic carbocycles. The molecular weight excluding hydrogens is 696 g/mol. The van der Waals surface area contributed by atoms with E-state index in [1.54, 1.807) is 0 Å². The van der Waals surface area contributed by atoms with Gasteiger partial charge in [0.05, 0.1) is 70.1 Å². The van der Waals surface area contributed by atoms with Crippen LogP contribution in [0, 0.1) is 10.8 Å². The van der Waals surface area contributed by atoms with Crippen molar-refractivity contribution in [1.29, 1.82) is 10.8 Å². The number of carbonyl (C=O) groups is 4. The van der Waals surface area contributed by atoms with Crippen molar-refractivity contribution in [3.63, 3.8) is 0 Å². The number of aliphatic hydroxyl groups is 11. The van der Waals surface area contributed by atoms with Crippen LogP contribution in [0.2, 0.25) is 0 Å². The van der Waals surface area contributed by atoms with Gasteiger partial charge in [-0.05, 0) is 0 Å². The van der Waals surface area contributed by atoms with Crippen LogP contribution in [0.25, 0.3) is 0 Å². The van der Waals surface area contributed by atoms with Gasteiger partial charge in [-0.15, -0.1) is 0 Å². The van der Waals surface area contributed by atoms with E-state index in [0.717, 1.165) is 26.6 Å². The van der Waals surface area contributed by atoms with E-state index in [1.807, 2.05) is 11.0 Å². The first-order valence-corrected chi connectivity index (χ1v) is 15.2. The van der Waals surface area contributed by atoms with Gasteiger partial charge in [0.2, 0.25) is 23.7 Å². The van der Waals surface area contributed by atoms with Crippen LogP contribution in [0.4, 0.5) is 0 Å². The van der Waals surface area contributed by atoms with Crippen molar-refractivity contribution in [1.82, 2.24) is 30.6 Å². The average molecular weight is 743 g/mol. The Morgan fingerprint density at radius 3 is 1.25 bits per heavy atom. The minimum Gasteiger partial charge on any atom is -0.394 e. The van der Waals surface area contributed by atoms with E-state index in [-0.39, 0.29) is 0 Å². The van der Waals surface area contributed by atoms with Gasteiger partial charge in [0, 0.05) is 14.1 Å². The second kappa shape index (κ2) is 19.0. The maximum absolute atomic E-state index is 12.9. The van der Waals surface area contributed by atoms with Crippen molar-refractivity contribution in [2.45, 2.75) is 73.3 Å². The Bertz CT molecular complexity index is 1210. The summed E-state index contributed by atoms with van der Waals surface area (Å²) in [5.74, 6) is -6.13. The molecule has 25 heteroatoms. The Labute approximate surface area is 289 Å². The maximum Gasteiger partial charge on any atom is 0.360 e. The van der Waals surface area contributed by atoms with Gasteiger partial charge in [0.1, 0.15) is 36.6 Å². The van der Waals surface area contributed by atoms with Gasteiger partial charge < -0.3 is 85.4 Å². The number of aliphatic hydroxyl groups excluding tert-OH is 11. The van der Waals surface area contributed by atoms with Crippen molar-refractivity contribution in [3.8, 4) is 0 Å². The number of hydrogen-bond donors (Lipinski definition) is 15. The topological polar surface area (TPSA) is 394 Å². The summed E-state index contributed by atoms with van der Waals surface area (Å²) in [5, 5.41) is 125. The van der Waals surface area contributed by atoms with Crippen molar-refractivity contribution < 1.29 is 85.0 Å². The molecule has 2 heterocycles. The standard InChI is InChI=1S/C26H46N8O17/c1-31(4-15(40)33-10(6-35)18(43)22(47)19(44)11(33)7-36)25(27)29-50-17(42)3-14(39)24(49)51-30-26(28)32(2)5-16(41)34-12(8-37)20(45)23(48)21(46)13(34)9-38/h10-14,18-23,35-39,43-48H,3-9H2,1-2H3,(H2,27,29)(H2,28,30)/t10-,11-,12-,13-,14?,18-,19-,20-,21-/m1/s1. The SMILES string of the molecule is CN(CC(=O)N1[C@H](CO)[C@@H](O)C(O)[C@H](O)[C@H]1CO)C(=N)NOC(=O)CC(O)C(=O)ONC(=N)N(C)CC(=O)N1[C@H](CO)[C@@H](O)C(O)[C@H](O)[C@H]1CO. The molecular formula is C26H46N8O17. The van der Waals surface area contributed by atoms with Crippen LogP contribution in [-0.4, -0.2) is 232 Å². The van der Waals surface area contributed by atoms with Crippen LogP contribution < -0.4 is 11.0 Å². The number of likely N-dealkylation sites (N-methyl/N-ethyl adjacent to an activating group) is 2. The largest absolute Gasteiger partial charge is 0.394 e. The summed E-state index contributed by atoms with van der Waals surface area (Å²) in [6, 6.07) is -5.67. The highest BCUT2D eigenvalue weighted by Gasteiger charge is 2.50. The molecule has 1 unspecified atom stereocenters. The van der Waals surface area contributed by atoms with Gasteiger partial charge >= 0.3 is 11.9 Å². The summed E-state index contributed by atoms with van der Waals surface area (Å²) in [5.41, 5.74) is 3.68. The van der Waals surface area contributed by atoms with Crippen LogP contribution in [0.1, 0.15) is 6.42 Å². The quantitative estimate of drug-likeness (QED) is 0.0531. The van der Waals surface area contributed by atoms with Crippen LogP contribution in [0.15, 0.2) is 0 Å². The smallest absolute Gasteiger partial charge is 0.360 e. The minimum atomic E-state index is -2.18. The zero-order chi connectivity index (χ0) is 38.9. The summed E-state index contributed by atoms with van der Waals surface area (Å²) in [7, 11) is 2.33. The van der Waals surface area contributed by atoms with Crippen LogP contribution in [0.3, 0.4) is 0 Å². The highest BCUT2D eigenvalue weighted by molar-refractivity contribution is 5.88. The van der Waals surface area contributed by atoms with Crippen molar-refractivity contribution in [2.24, 2.45) is 0 Å². The fourth-order valence-electron chi connectivity index (χ4n) is 5.43. The summed E-state index contributed by atoms with van der Waals surface area (Å²) < 4.78 is 0. The number of carbonyl (C=O) groups excluding carboxylic acids is 4. The number of hydrogen-bond acceptors (Lipinski definition) is 19. The lowest BCUT2D eigenvalue weighted by Crippen LogP contribution is -2.70. The Kier molecular flexibility index (Phi) is 16.1. The van der Waals surface area contributed by atoms with E-state index in [0.29, 0.717) is 0 Å². The van der Waals surface area contributed by atoms with Gasteiger partial charge in [0.25, 0.3) is 0 Å². The van der Waals surface area contributed by atoms with E-state index in [4.69, 9.17) is 10.8 Å². The fourth-order valence-corrected chi connectivity index (χ4v) is 5.43. The molecule has 2 aliphatic heterocycles. The lowest BCUT2D eigenvalue weighted by atomic mass is 9.88. The van der Waals surface area contributed by atoms with E-state index >= 15 is 0 Å². The molecule has 25 nitrogen and oxygen atoms in total. The lowest BCUT2D eigenvalue weighted by Gasteiger charge is -2.48. The molecule has 2 fully saturated rings. The normalized spacial score (nSPS) is 29.7. The first kappa shape index (κ1) is 43.1.